The summed E-state index contributed by atoms with van der Waals surface area (Å²) in [7, 11) is 0. The highest BCUT2D eigenvalue weighted by atomic mass is 16.2. The fourth-order valence-electron chi connectivity index (χ4n) is 2.12. The molecule has 0 spiro atoms. The third-order valence-corrected chi connectivity index (χ3v) is 3.00. The average Bonchev–Trinajstić information content (AvgIpc) is 2.48. The van der Waals surface area contributed by atoms with Gasteiger partial charge in [-0.2, -0.15) is 0 Å². The van der Waals surface area contributed by atoms with Crippen LogP contribution in [0.5, 0.6) is 0 Å². The normalized spacial score (nSPS) is 17.9. The zero-order valence-electron chi connectivity index (χ0n) is 9.81. The third kappa shape index (κ3) is 3.32. The minimum atomic E-state index is 0.302. The number of carbonyl (C=O) groups is 1. The van der Waals surface area contributed by atoms with Crippen LogP contribution in [0.4, 0.5) is 0 Å². The van der Waals surface area contributed by atoms with E-state index in [1.54, 1.807) is 0 Å². The van der Waals surface area contributed by atoms with Crippen LogP contribution in [0.1, 0.15) is 52.9 Å². The van der Waals surface area contributed by atoms with Crippen molar-refractivity contribution >= 4 is 5.91 Å². The second kappa shape index (κ2) is 4.81. The summed E-state index contributed by atoms with van der Waals surface area (Å²) in [5.41, 5.74) is 0.302. The molecule has 0 saturated carbocycles. The van der Waals surface area contributed by atoms with Crippen molar-refractivity contribution in [3.05, 3.63) is 0 Å². The highest BCUT2D eigenvalue weighted by molar-refractivity contribution is 5.78. The number of hydrogen-bond acceptors (Lipinski definition) is 1. The van der Waals surface area contributed by atoms with Crippen LogP contribution in [0.25, 0.3) is 0 Å². The molecule has 1 fully saturated rings. The molecule has 1 saturated heterocycles. The summed E-state index contributed by atoms with van der Waals surface area (Å²) in [6.07, 6.45) is 5.58. The number of rotatable bonds is 5. The maximum atomic E-state index is 11.5. The minimum absolute atomic E-state index is 0.302. The molecule has 82 valence electrons. The van der Waals surface area contributed by atoms with Gasteiger partial charge in [-0.1, -0.05) is 33.6 Å². The largest absolute Gasteiger partial charge is 0.342 e. The van der Waals surface area contributed by atoms with Crippen LogP contribution in [0, 0.1) is 5.41 Å². The Morgan fingerprint density at radius 2 is 2.14 bits per heavy atom. The second-order valence-electron chi connectivity index (χ2n) is 5.19. The Morgan fingerprint density at radius 1 is 1.43 bits per heavy atom. The zero-order chi connectivity index (χ0) is 10.6. The van der Waals surface area contributed by atoms with Crippen molar-refractivity contribution in [2.45, 2.75) is 52.9 Å². The Labute approximate surface area is 87.7 Å². The van der Waals surface area contributed by atoms with Gasteiger partial charge in [-0.15, -0.1) is 0 Å². The van der Waals surface area contributed by atoms with E-state index in [-0.39, 0.29) is 0 Å². The Morgan fingerprint density at radius 3 is 2.64 bits per heavy atom. The van der Waals surface area contributed by atoms with Crippen molar-refractivity contribution < 1.29 is 4.79 Å². The van der Waals surface area contributed by atoms with E-state index in [2.05, 4.69) is 20.8 Å². The summed E-state index contributed by atoms with van der Waals surface area (Å²) in [6.45, 7) is 8.69. The highest BCUT2D eigenvalue weighted by Crippen LogP contribution is 2.26. The summed E-state index contributed by atoms with van der Waals surface area (Å²) in [6, 6.07) is 0. The first kappa shape index (κ1) is 11.5. The van der Waals surface area contributed by atoms with E-state index in [4.69, 9.17) is 0 Å². The van der Waals surface area contributed by atoms with Gasteiger partial charge < -0.3 is 4.90 Å². The Hall–Kier alpha value is -0.530. The Bertz CT molecular complexity index is 198. The smallest absolute Gasteiger partial charge is 0.222 e. The number of carbonyl (C=O) groups excluding carboxylic acids is 1. The molecule has 1 amide bonds. The van der Waals surface area contributed by atoms with Gasteiger partial charge >= 0.3 is 0 Å². The first-order valence-corrected chi connectivity index (χ1v) is 5.83. The summed E-state index contributed by atoms with van der Waals surface area (Å²) >= 11 is 0. The lowest BCUT2D eigenvalue weighted by Crippen LogP contribution is -2.35. The molecule has 2 nitrogen and oxygen atoms in total. The van der Waals surface area contributed by atoms with Gasteiger partial charge in [0, 0.05) is 19.5 Å². The van der Waals surface area contributed by atoms with E-state index in [1.165, 1.54) is 19.3 Å². The van der Waals surface area contributed by atoms with Gasteiger partial charge in [0.15, 0.2) is 0 Å². The van der Waals surface area contributed by atoms with Crippen molar-refractivity contribution in [1.82, 2.24) is 4.90 Å². The lowest BCUT2D eigenvalue weighted by atomic mass is 9.87. The van der Waals surface area contributed by atoms with Crippen LogP contribution in [0.3, 0.4) is 0 Å². The maximum Gasteiger partial charge on any atom is 0.222 e. The molecular formula is C12H23NO. The van der Waals surface area contributed by atoms with Gasteiger partial charge in [-0.25, -0.2) is 0 Å². The molecule has 0 radical (unpaired) electrons. The number of nitrogens with zero attached hydrogens (tertiary/aromatic N) is 1. The molecule has 2 heteroatoms. The molecule has 0 N–H and O–H groups in total. The molecule has 0 atom stereocenters. The number of unbranched alkanes of at least 4 members (excludes halogenated alkanes) is 1. The van der Waals surface area contributed by atoms with E-state index in [1.807, 2.05) is 4.90 Å². The number of likely N-dealkylation sites (tertiary alicyclic amines) is 1. The monoisotopic (exact) mass is 197 g/mol. The standard InChI is InChI=1S/C12H23NO/c1-4-5-8-12(2,3)10-13-9-6-7-11(13)14/h4-10H2,1-3H3. The van der Waals surface area contributed by atoms with E-state index in [0.29, 0.717) is 11.3 Å². The van der Waals surface area contributed by atoms with Crippen molar-refractivity contribution in [2.24, 2.45) is 5.41 Å². The van der Waals surface area contributed by atoms with Crippen molar-refractivity contribution in [1.29, 1.82) is 0 Å². The van der Waals surface area contributed by atoms with Gasteiger partial charge in [-0.05, 0) is 18.3 Å². The molecule has 0 aromatic rings. The third-order valence-electron chi connectivity index (χ3n) is 3.00. The molecule has 0 aromatic carbocycles. The Balaban J connectivity index is 2.37. The van der Waals surface area contributed by atoms with E-state index in [0.717, 1.165) is 25.9 Å². The van der Waals surface area contributed by atoms with Gasteiger partial charge in [-0.3, -0.25) is 4.79 Å². The second-order valence-corrected chi connectivity index (χ2v) is 5.19. The SMILES string of the molecule is CCCCC(C)(C)CN1CCCC1=O. The molecule has 1 heterocycles. The van der Waals surface area contributed by atoms with Crippen molar-refractivity contribution in [3.8, 4) is 0 Å². The topological polar surface area (TPSA) is 20.3 Å². The molecule has 1 rings (SSSR count). The van der Waals surface area contributed by atoms with E-state index >= 15 is 0 Å². The minimum Gasteiger partial charge on any atom is -0.342 e. The summed E-state index contributed by atoms with van der Waals surface area (Å²) < 4.78 is 0. The van der Waals surface area contributed by atoms with E-state index in [9.17, 15) is 4.79 Å². The number of hydrogen-bond donors (Lipinski definition) is 0. The molecule has 1 aliphatic rings. The first-order valence-electron chi connectivity index (χ1n) is 5.83. The maximum absolute atomic E-state index is 11.5. The van der Waals surface area contributed by atoms with Crippen LogP contribution in [0.2, 0.25) is 0 Å². The quantitative estimate of drug-likeness (QED) is 0.663. The molecule has 0 unspecified atom stereocenters. The Kier molecular flexibility index (Phi) is 3.97. The van der Waals surface area contributed by atoms with Crippen molar-refractivity contribution in [2.75, 3.05) is 13.1 Å². The van der Waals surface area contributed by atoms with Gasteiger partial charge in [0.1, 0.15) is 0 Å². The highest BCUT2D eigenvalue weighted by Gasteiger charge is 2.27. The predicted molar refractivity (Wildman–Crippen MR) is 59.1 cm³/mol. The molecular weight excluding hydrogens is 174 g/mol. The lowest BCUT2D eigenvalue weighted by Gasteiger charge is -2.30. The van der Waals surface area contributed by atoms with Crippen LogP contribution in [-0.4, -0.2) is 23.9 Å². The molecule has 0 aromatic heterocycles. The first-order chi connectivity index (χ1) is 6.55. The van der Waals surface area contributed by atoms with Crippen LogP contribution in [0.15, 0.2) is 0 Å². The lowest BCUT2D eigenvalue weighted by molar-refractivity contribution is -0.128. The van der Waals surface area contributed by atoms with Gasteiger partial charge in [0.25, 0.3) is 0 Å². The fraction of sp³-hybridized carbons (Fsp3) is 0.917. The van der Waals surface area contributed by atoms with Gasteiger partial charge in [0.05, 0.1) is 0 Å². The van der Waals surface area contributed by atoms with Gasteiger partial charge in [0.2, 0.25) is 5.91 Å². The number of amides is 1. The summed E-state index contributed by atoms with van der Waals surface area (Å²) in [5, 5.41) is 0. The fourth-order valence-corrected chi connectivity index (χ4v) is 2.12. The van der Waals surface area contributed by atoms with Crippen molar-refractivity contribution in [3.63, 3.8) is 0 Å². The predicted octanol–water partition coefficient (Wildman–Crippen LogP) is 2.83. The molecule has 14 heavy (non-hydrogen) atoms. The van der Waals surface area contributed by atoms with Crippen LogP contribution < -0.4 is 0 Å². The molecule has 0 bridgehead atoms. The van der Waals surface area contributed by atoms with E-state index < -0.39 is 0 Å². The zero-order valence-corrected chi connectivity index (χ0v) is 9.81. The summed E-state index contributed by atoms with van der Waals surface area (Å²) in [4.78, 5) is 13.5. The molecule has 1 aliphatic heterocycles. The average molecular weight is 197 g/mol. The van der Waals surface area contributed by atoms with Crippen LogP contribution >= 0.6 is 0 Å². The molecule has 0 aliphatic carbocycles. The van der Waals surface area contributed by atoms with Crippen LogP contribution in [-0.2, 0) is 4.79 Å². The summed E-state index contributed by atoms with van der Waals surface area (Å²) in [5.74, 6) is 0.356.